The second-order valence-electron chi connectivity index (χ2n) is 4.65. The van der Waals surface area contributed by atoms with Crippen molar-refractivity contribution in [2.24, 2.45) is 0 Å². The Kier molecular flexibility index (Phi) is 4.19. The molecule has 1 aliphatic rings. The van der Waals surface area contributed by atoms with Crippen molar-refractivity contribution < 1.29 is 4.74 Å². The predicted octanol–water partition coefficient (Wildman–Crippen LogP) is 6.02. The maximum atomic E-state index is 6.61. The monoisotopic (exact) mass is 390 g/mol. The lowest BCUT2D eigenvalue weighted by atomic mass is 10.0. The highest BCUT2D eigenvalue weighted by Gasteiger charge is 2.23. The van der Waals surface area contributed by atoms with E-state index in [1.165, 1.54) is 5.56 Å². The van der Waals surface area contributed by atoms with Gasteiger partial charge in [0.2, 0.25) is 0 Å². The van der Waals surface area contributed by atoms with Crippen molar-refractivity contribution >= 4 is 50.7 Å². The highest BCUT2D eigenvalue weighted by Crippen LogP contribution is 2.42. The Morgan fingerprint density at radius 1 is 1.05 bits per heavy atom. The van der Waals surface area contributed by atoms with Crippen molar-refractivity contribution in [3.8, 4) is 5.75 Å². The molecule has 2 aromatic carbocycles. The van der Waals surface area contributed by atoms with Crippen molar-refractivity contribution in [1.82, 2.24) is 0 Å². The van der Waals surface area contributed by atoms with Gasteiger partial charge in [0.15, 0.2) is 0 Å². The zero-order valence-corrected chi connectivity index (χ0v) is 14.2. The van der Waals surface area contributed by atoms with Gasteiger partial charge in [0.05, 0.1) is 12.0 Å². The van der Waals surface area contributed by atoms with E-state index in [2.05, 4.69) is 22.0 Å². The maximum absolute atomic E-state index is 6.61. The summed E-state index contributed by atoms with van der Waals surface area (Å²) in [5.41, 5.74) is 2.97. The summed E-state index contributed by atoms with van der Waals surface area (Å²) in [6.07, 6.45) is 0.904. The van der Waals surface area contributed by atoms with Crippen molar-refractivity contribution in [2.45, 2.75) is 11.8 Å². The molecule has 20 heavy (non-hydrogen) atoms. The minimum atomic E-state index is -0.351. The maximum Gasteiger partial charge on any atom is 0.127 e. The molecule has 0 radical (unpaired) electrons. The topological polar surface area (TPSA) is 9.23 Å². The number of hydrogen-bond donors (Lipinski definition) is 0. The average molecular weight is 393 g/mol. The van der Waals surface area contributed by atoms with E-state index in [4.69, 9.17) is 39.5 Å². The van der Waals surface area contributed by atoms with E-state index in [9.17, 15) is 0 Å². The molecule has 0 saturated heterocycles. The van der Waals surface area contributed by atoms with Crippen LogP contribution in [0.5, 0.6) is 5.75 Å². The Balaban J connectivity index is 2.08. The predicted molar refractivity (Wildman–Crippen MR) is 87.5 cm³/mol. The van der Waals surface area contributed by atoms with E-state index in [-0.39, 0.29) is 5.38 Å². The smallest absolute Gasteiger partial charge is 0.127 e. The van der Waals surface area contributed by atoms with Gasteiger partial charge in [-0.15, -0.1) is 11.6 Å². The van der Waals surface area contributed by atoms with Crippen molar-refractivity contribution in [1.29, 1.82) is 0 Å². The van der Waals surface area contributed by atoms with Crippen molar-refractivity contribution in [3.63, 3.8) is 0 Å². The normalized spacial score (nSPS) is 14.8. The zero-order chi connectivity index (χ0) is 14.3. The summed E-state index contributed by atoms with van der Waals surface area (Å²) >= 11 is 22.2. The van der Waals surface area contributed by atoms with Crippen LogP contribution in [0.2, 0.25) is 10.0 Å². The van der Waals surface area contributed by atoms with Crippen LogP contribution in [0.4, 0.5) is 0 Å². The molecule has 2 aromatic rings. The lowest BCUT2D eigenvalue weighted by molar-refractivity contribution is 0.353. The molecule has 0 aliphatic carbocycles. The second-order valence-corrected chi connectivity index (χ2v) is 6.87. The minimum Gasteiger partial charge on any atom is -0.493 e. The Morgan fingerprint density at radius 3 is 2.45 bits per heavy atom. The number of fused-ring (bicyclic) bond motifs is 1. The van der Waals surface area contributed by atoms with Crippen LogP contribution in [0, 0.1) is 0 Å². The Morgan fingerprint density at radius 2 is 1.75 bits per heavy atom. The highest BCUT2D eigenvalue weighted by molar-refractivity contribution is 9.10. The van der Waals surface area contributed by atoms with Gasteiger partial charge < -0.3 is 4.74 Å². The van der Waals surface area contributed by atoms with E-state index in [0.29, 0.717) is 16.7 Å². The number of benzene rings is 2. The van der Waals surface area contributed by atoms with Crippen LogP contribution in [0.1, 0.15) is 22.1 Å². The first-order valence-electron chi connectivity index (χ1n) is 6.10. The molecule has 0 bridgehead atoms. The number of halogens is 4. The van der Waals surface area contributed by atoms with Gasteiger partial charge in [0.25, 0.3) is 0 Å². The van der Waals surface area contributed by atoms with Gasteiger partial charge in [-0.2, -0.15) is 0 Å². The van der Waals surface area contributed by atoms with Gasteiger partial charge in [-0.3, -0.25) is 0 Å². The summed E-state index contributed by atoms with van der Waals surface area (Å²) in [4.78, 5) is 0. The first kappa shape index (κ1) is 14.5. The highest BCUT2D eigenvalue weighted by atomic mass is 79.9. The van der Waals surface area contributed by atoms with Crippen LogP contribution in [0.25, 0.3) is 0 Å². The molecule has 0 aromatic heterocycles. The fourth-order valence-electron chi connectivity index (χ4n) is 2.39. The van der Waals surface area contributed by atoms with Crippen LogP contribution in [0.3, 0.4) is 0 Å². The lowest BCUT2D eigenvalue weighted by Gasteiger charge is -2.15. The van der Waals surface area contributed by atoms with Gasteiger partial charge >= 0.3 is 0 Å². The fourth-order valence-corrected chi connectivity index (χ4v) is 3.74. The van der Waals surface area contributed by atoms with E-state index < -0.39 is 0 Å². The van der Waals surface area contributed by atoms with Gasteiger partial charge in [-0.05, 0) is 41.5 Å². The van der Waals surface area contributed by atoms with Crippen LogP contribution in [-0.4, -0.2) is 6.61 Å². The molecular weight excluding hydrogens is 382 g/mol. The molecule has 0 spiro atoms. The summed E-state index contributed by atoms with van der Waals surface area (Å²) in [6, 6.07) is 9.40. The SMILES string of the molecule is Clc1cc(Cl)cc(C(Cl)c2cc(Br)cc3c2OCC3)c1. The summed E-state index contributed by atoms with van der Waals surface area (Å²) in [7, 11) is 0. The molecular formula is C15H10BrCl3O. The molecule has 5 heteroatoms. The molecule has 1 atom stereocenters. The minimum absolute atomic E-state index is 0.351. The quantitative estimate of drug-likeness (QED) is 0.568. The number of rotatable bonds is 2. The van der Waals surface area contributed by atoms with Gasteiger partial charge in [0, 0.05) is 26.5 Å². The number of ether oxygens (including phenoxy) is 1. The average Bonchev–Trinajstić information content (AvgIpc) is 2.83. The van der Waals surface area contributed by atoms with Gasteiger partial charge in [-0.25, -0.2) is 0 Å². The molecule has 0 saturated carbocycles. The standard InChI is InChI=1S/C15H10BrCl3O/c16-10-3-8-1-2-20-15(8)13(6-10)14(19)9-4-11(17)7-12(18)5-9/h3-7,14H,1-2H2. The van der Waals surface area contributed by atoms with Crippen LogP contribution >= 0.6 is 50.7 Å². The first-order valence-corrected chi connectivity index (χ1v) is 8.08. The van der Waals surface area contributed by atoms with Gasteiger partial charge in [-0.1, -0.05) is 39.1 Å². The molecule has 1 heterocycles. The molecule has 0 N–H and O–H groups in total. The van der Waals surface area contributed by atoms with Crippen LogP contribution in [-0.2, 0) is 6.42 Å². The number of alkyl halides is 1. The number of hydrogen-bond acceptors (Lipinski definition) is 1. The lowest BCUT2D eigenvalue weighted by Crippen LogP contribution is -1.98. The van der Waals surface area contributed by atoms with E-state index in [1.54, 1.807) is 6.07 Å². The zero-order valence-electron chi connectivity index (χ0n) is 10.3. The van der Waals surface area contributed by atoms with Gasteiger partial charge in [0.1, 0.15) is 5.75 Å². The molecule has 0 amide bonds. The largest absolute Gasteiger partial charge is 0.493 e. The fraction of sp³-hybridized carbons (Fsp3) is 0.200. The van der Waals surface area contributed by atoms with E-state index in [1.807, 2.05) is 18.2 Å². The summed E-state index contributed by atoms with van der Waals surface area (Å²) < 4.78 is 6.71. The summed E-state index contributed by atoms with van der Waals surface area (Å²) in [6.45, 7) is 0.693. The van der Waals surface area contributed by atoms with Crippen molar-refractivity contribution in [3.05, 3.63) is 61.5 Å². The Bertz CT molecular complexity index is 652. The summed E-state index contributed by atoms with van der Waals surface area (Å²) in [5, 5.41) is 0.798. The molecule has 1 unspecified atom stereocenters. The first-order chi connectivity index (χ1) is 9.54. The second kappa shape index (κ2) is 5.76. The third-order valence-electron chi connectivity index (χ3n) is 3.23. The Hall–Kier alpha value is -0.410. The third-order valence-corrected chi connectivity index (χ3v) is 4.61. The molecule has 1 aliphatic heterocycles. The van der Waals surface area contributed by atoms with Crippen LogP contribution < -0.4 is 4.74 Å². The van der Waals surface area contributed by atoms with Crippen molar-refractivity contribution in [2.75, 3.05) is 6.61 Å². The molecule has 1 nitrogen and oxygen atoms in total. The van der Waals surface area contributed by atoms with Crippen LogP contribution in [0.15, 0.2) is 34.8 Å². The molecule has 0 fully saturated rings. The van der Waals surface area contributed by atoms with E-state index >= 15 is 0 Å². The van der Waals surface area contributed by atoms with E-state index in [0.717, 1.165) is 27.8 Å². The summed E-state index contributed by atoms with van der Waals surface area (Å²) in [5.74, 6) is 0.879. The molecule has 3 rings (SSSR count). The Labute approximate surface area is 140 Å². The third kappa shape index (κ3) is 2.80. The molecule has 104 valence electrons.